The van der Waals surface area contributed by atoms with E-state index >= 15 is 0 Å². The highest BCUT2D eigenvalue weighted by atomic mass is 16.1. The van der Waals surface area contributed by atoms with Gasteiger partial charge in [0.2, 0.25) is 0 Å². The summed E-state index contributed by atoms with van der Waals surface area (Å²) in [5, 5.41) is 0. The van der Waals surface area contributed by atoms with E-state index in [9.17, 15) is 4.79 Å². The number of hydrogen-bond donors (Lipinski definition) is 1. The van der Waals surface area contributed by atoms with Crippen molar-refractivity contribution >= 4 is 11.0 Å². The van der Waals surface area contributed by atoms with Gasteiger partial charge in [-0.2, -0.15) is 0 Å². The summed E-state index contributed by atoms with van der Waals surface area (Å²) in [6.07, 6.45) is 4.61. The maximum Gasteiger partial charge on any atom is 0.326 e. The lowest BCUT2D eigenvalue weighted by Gasteiger charge is -2.26. The molecule has 4 nitrogen and oxygen atoms in total. The van der Waals surface area contributed by atoms with Crippen LogP contribution in [0.3, 0.4) is 0 Å². The lowest BCUT2D eigenvalue weighted by atomic mass is 10.1. The predicted molar refractivity (Wildman–Crippen MR) is 95.8 cm³/mol. The Labute approximate surface area is 137 Å². The second-order valence-electron chi connectivity index (χ2n) is 6.65. The van der Waals surface area contributed by atoms with E-state index in [1.807, 2.05) is 10.6 Å². The van der Waals surface area contributed by atoms with Crippen LogP contribution in [-0.4, -0.2) is 27.0 Å². The second-order valence-corrected chi connectivity index (χ2v) is 6.65. The van der Waals surface area contributed by atoms with Crippen LogP contribution in [0.5, 0.6) is 0 Å². The quantitative estimate of drug-likeness (QED) is 0.876. The third-order valence-electron chi connectivity index (χ3n) is 5.23. The van der Waals surface area contributed by atoms with Crippen molar-refractivity contribution in [2.24, 2.45) is 0 Å². The molecule has 0 saturated heterocycles. The summed E-state index contributed by atoms with van der Waals surface area (Å²) in [5.41, 5.74) is 6.13. The van der Waals surface area contributed by atoms with Gasteiger partial charge in [-0.3, -0.25) is 9.47 Å². The van der Waals surface area contributed by atoms with Gasteiger partial charge in [-0.25, -0.2) is 4.79 Å². The Bertz CT molecular complexity index is 791. The number of benzene rings is 1. The largest absolute Gasteiger partial charge is 0.326 e. The van der Waals surface area contributed by atoms with Gasteiger partial charge < -0.3 is 4.98 Å². The highest BCUT2D eigenvalue weighted by Gasteiger charge is 2.24. The Kier molecular flexibility index (Phi) is 4.44. The van der Waals surface area contributed by atoms with Gasteiger partial charge >= 0.3 is 5.69 Å². The molecule has 124 valence electrons. The number of nitrogens with one attached hydrogen (secondary N) is 1. The zero-order valence-corrected chi connectivity index (χ0v) is 14.6. The van der Waals surface area contributed by atoms with Crippen LogP contribution in [0.1, 0.15) is 44.7 Å². The zero-order chi connectivity index (χ0) is 16.6. The molecule has 1 atom stereocenters. The fourth-order valence-corrected chi connectivity index (χ4v) is 3.57. The molecule has 2 heterocycles. The van der Waals surface area contributed by atoms with Crippen molar-refractivity contribution in [1.82, 2.24) is 14.5 Å². The number of aromatic nitrogens is 2. The van der Waals surface area contributed by atoms with Crippen LogP contribution in [0.2, 0.25) is 0 Å². The molecule has 3 rings (SSSR count). The molecule has 0 unspecified atom stereocenters. The number of H-pyrrole nitrogens is 1. The molecule has 0 fully saturated rings. The van der Waals surface area contributed by atoms with Gasteiger partial charge in [0.05, 0.1) is 11.0 Å². The molecular weight excluding hydrogens is 286 g/mol. The van der Waals surface area contributed by atoms with E-state index in [1.165, 1.54) is 16.7 Å². The molecule has 2 aromatic rings. The molecule has 1 aromatic carbocycles. The molecular formula is C19H27N3O. The van der Waals surface area contributed by atoms with Crippen molar-refractivity contribution in [3.05, 3.63) is 45.4 Å². The Morgan fingerprint density at radius 2 is 2.09 bits per heavy atom. The molecule has 0 saturated carbocycles. The number of allylic oxidation sites excluding steroid dienone is 1. The van der Waals surface area contributed by atoms with Crippen molar-refractivity contribution in [2.75, 3.05) is 6.54 Å². The lowest BCUT2D eigenvalue weighted by Crippen LogP contribution is -2.36. The fraction of sp³-hybridized carbons (Fsp3) is 0.526. The molecule has 0 radical (unpaired) electrons. The van der Waals surface area contributed by atoms with E-state index in [0.717, 1.165) is 43.5 Å². The van der Waals surface area contributed by atoms with E-state index in [1.54, 1.807) is 0 Å². The third-order valence-corrected chi connectivity index (χ3v) is 5.23. The SMILES string of the molecule is CCC(=CCN1Cc2c(C)ccc3[nH]c(=O)n(c23)C[C@@H]1C)CC. The summed E-state index contributed by atoms with van der Waals surface area (Å²) < 4.78 is 1.92. The van der Waals surface area contributed by atoms with Crippen molar-refractivity contribution in [1.29, 1.82) is 0 Å². The van der Waals surface area contributed by atoms with Gasteiger partial charge in [0.1, 0.15) is 0 Å². The van der Waals surface area contributed by atoms with Gasteiger partial charge in [0, 0.05) is 25.7 Å². The molecule has 1 aliphatic rings. The zero-order valence-electron chi connectivity index (χ0n) is 14.6. The normalized spacial score (nSPS) is 18.2. The van der Waals surface area contributed by atoms with Crippen molar-refractivity contribution < 1.29 is 0 Å². The molecule has 0 bridgehead atoms. The number of hydrogen-bond acceptors (Lipinski definition) is 2. The van der Waals surface area contributed by atoms with Crippen LogP contribution < -0.4 is 5.69 Å². The summed E-state index contributed by atoms with van der Waals surface area (Å²) in [6.45, 7) is 11.4. The summed E-state index contributed by atoms with van der Waals surface area (Å²) in [4.78, 5) is 17.8. The third kappa shape index (κ3) is 2.88. The van der Waals surface area contributed by atoms with E-state index in [-0.39, 0.29) is 5.69 Å². The van der Waals surface area contributed by atoms with Crippen LogP contribution in [0.25, 0.3) is 11.0 Å². The van der Waals surface area contributed by atoms with Gasteiger partial charge in [-0.15, -0.1) is 0 Å². The summed E-state index contributed by atoms with van der Waals surface area (Å²) >= 11 is 0. The molecule has 0 aliphatic carbocycles. The van der Waals surface area contributed by atoms with Gasteiger partial charge in [-0.05, 0) is 43.9 Å². The van der Waals surface area contributed by atoms with Crippen molar-refractivity contribution in [3.63, 3.8) is 0 Å². The summed E-state index contributed by atoms with van der Waals surface area (Å²) in [7, 11) is 0. The first kappa shape index (κ1) is 16.1. The Hall–Kier alpha value is -1.81. The van der Waals surface area contributed by atoms with E-state index in [2.05, 4.69) is 49.7 Å². The number of aryl methyl sites for hydroxylation is 1. The minimum absolute atomic E-state index is 0.0129. The second kappa shape index (κ2) is 6.36. The van der Waals surface area contributed by atoms with Gasteiger partial charge in [-0.1, -0.05) is 31.6 Å². The van der Waals surface area contributed by atoms with Crippen LogP contribution in [0.15, 0.2) is 28.6 Å². The maximum atomic E-state index is 12.3. The van der Waals surface area contributed by atoms with Gasteiger partial charge in [0.25, 0.3) is 0 Å². The van der Waals surface area contributed by atoms with Crippen LogP contribution in [-0.2, 0) is 13.1 Å². The Morgan fingerprint density at radius 3 is 2.78 bits per heavy atom. The number of nitrogens with zero attached hydrogens (tertiary/aromatic N) is 2. The highest BCUT2D eigenvalue weighted by molar-refractivity contribution is 5.80. The van der Waals surface area contributed by atoms with Crippen LogP contribution >= 0.6 is 0 Å². The minimum atomic E-state index is 0.0129. The smallest absolute Gasteiger partial charge is 0.306 e. The van der Waals surface area contributed by atoms with E-state index in [4.69, 9.17) is 0 Å². The van der Waals surface area contributed by atoms with E-state index < -0.39 is 0 Å². The average molecular weight is 313 g/mol. The maximum absolute atomic E-state index is 12.3. The molecule has 4 heteroatoms. The van der Waals surface area contributed by atoms with E-state index in [0.29, 0.717) is 6.04 Å². The molecule has 0 amide bonds. The summed E-state index contributed by atoms with van der Waals surface area (Å²) in [5.74, 6) is 0. The minimum Gasteiger partial charge on any atom is -0.306 e. The van der Waals surface area contributed by atoms with Crippen LogP contribution in [0, 0.1) is 6.92 Å². The monoisotopic (exact) mass is 313 g/mol. The fourth-order valence-electron chi connectivity index (χ4n) is 3.57. The topological polar surface area (TPSA) is 41.0 Å². The van der Waals surface area contributed by atoms with Crippen molar-refractivity contribution in [2.45, 2.75) is 59.7 Å². The lowest BCUT2D eigenvalue weighted by molar-refractivity contribution is 0.209. The predicted octanol–water partition coefficient (Wildman–Crippen LogP) is 3.59. The van der Waals surface area contributed by atoms with Gasteiger partial charge in [0.15, 0.2) is 0 Å². The molecule has 1 aliphatic heterocycles. The average Bonchev–Trinajstić information content (AvgIpc) is 2.75. The Balaban J connectivity index is 2.01. The first-order valence-corrected chi connectivity index (χ1v) is 8.68. The molecule has 23 heavy (non-hydrogen) atoms. The first-order chi connectivity index (χ1) is 11.0. The molecule has 1 N–H and O–H groups in total. The van der Waals surface area contributed by atoms with Crippen LogP contribution in [0.4, 0.5) is 0 Å². The van der Waals surface area contributed by atoms with Crippen molar-refractivity contribution in [3.8, 4) is 0 Å². The molecule has 1 aromatic heterocycles. The summed E-state index contributed by atoms with van der Waals surface area (Å²) in [6, 6.07) is 4.48. The molecule has 0 spiro atoms. The highest BCUT2D eigenvalue weighted by Crippen LogP contribution is 2.26. The number of rotatable bonds is 4. The number of imidazole rings is 1. The first-order valence-electron chi connectivity index (χ1n) is 8.68. The Morgan fingerprint density at radius 1 is 1.35 bits per heavy atom. The number of aromatic amines is 1. The standard InChI is InChI=1S/C19H27N3O/c1-5-15(6-2)9-10-21-12-16-13(3)7-8-17-18(16)22(11-14(21)4)19(23)20-17/h7-9,14H,5-6,10-12H2,1-4H3,(H,20,23)/t14-/m0/s1.